The van der Waals surface area contributed by atoms with Gasteiger partial charge in [-0.1, -0.05) is 35.9 Å². The van der Waals surface area contributed by atoms with Gasteiger partial charge in [-0.25, -0.2) is 0 Å². The van der Waals surface area contributed by atoms with E-state index < -0.39 is 0 Å². The minimum absolute atomic E-state index is 0.171. The predicted octanol–water partition coefficient (Wildman–Crippen LogP) is 3.29. The predicted molar refractivity (Wildman–Crippen MR) is 111 cm³/mol. The second kappa shape index (κ2) is 9.60. The van der Waals surface area contributed by atoms with Crippen LogP contribution in [0.3, 0.4) is 0 Å². The molecule has 28 heavy (non-hydrogen) atoms. The largest absolute Gasteiger partial charge is 0.493 e. The van der Waals surface area contributed by atoms with Gasteiger partial charge in [-0.05, 0) is 36.6 Å². The molecule has 0 unspecified atom stereocenters. The lowest BCUT2D eigenvalue weighted by atomic mass is 10.1. The van der Waals surface area contributed by atoms with Gasteiger partial charge in [-0.3, -0.25) is 9.69 Å². The monoisotopic (exact) mass is 382 g/mol. The zero-order chi connectivity index (χ0) is 19.9. The van der Waals surface area contributed by atoms with Gasteiger partial charge in [-0.2, -0.15) is 0 Å². The second-order valence-electron chi connectivity index (χ2n) is 7.36. The molecular formula is C23H30N2O3. The summed E-state index contributed by atoms with van der Waals surface area (Å²) in [6.07, 6.45) is 1.39. The Kier molecular flexibility index (Phi) is 6.93. The summed E-state index contributed by atoms with van der Waals surface area (Å²) in [6.45, 7) is 6.57. The highest BCUT2D eigenvalue weighted by Crippen LogP contribution is 2.28. The first-order chi connectivity index (χ1) is 13.6. The van der Waals surface area contributed by atoms with Crippen molar-refractivity contribution in [1.82, 2.24) is 9.80 Å². The fourth-order valence-electron chi connectivity index (χ4n) is 3.61. The molecule has 0 N–H and O–H groups in total. The quantitative estimate of drug-likeness (QED) is 0.769. The van der Waals surface area contributed by atoms with E-state index in [1.807, 2.05) is 23.1 Å². The van der Waals surface area contributed by atoms with Crippen molar-refractivity contribution in [1.29, 1.82) is 0 Å². The van der Waals surface area contributed by atoms with Crippen LogP contribution in [0.1, 0.15) is 23.1 Å². The van der Waals surface area contributed by atoms with Gasteiger partial charge in [0.15, 0.2) is 11.5 Å². The van der Waals surface area contributed by atoms with E-state index >= 15 is 0 Å². The Morgan fingerprint density at radius 1 is 0.893 bits per heavy atom. The molecule has 0 bridgehead atoms. The summed E-state index contributed by atoms with van der Waals surface area (Å²) in [7, 11) is 3.23. The van der Waals surface area contributed by atoms with Crippen LogP contribution in [0.25, 0.3) is 0 Å². The van der Waals surface area contributed by atoms with Crippen molar-refractivity contribution in [3.8, 4) is 11.5 Å². The first kappa shape index (κ1) is 20.2. The molecule has 1 aliphatic rings. The molecule has 3 rings (SSSR count). The molecule has 0 saturated carbocycles. The van der Waals surface area contributed by atoms with E-state index in [1.54, 1.807) is 14.2 Å². The van der Waals surface area contributed by atoms with Crippen LogP contribution in [0.5, 0.6) is 11.5 Å². The van der Waals surface area contributed by atoms with Crippen molar-refractivity contribution >= 4 is 5.91 Å². The number of aryl methyl sites for hydroxylation is 1. The third-order valence-corrected chi connectivity index (χ3v) is 5.27. The fraction of sp³-hybridized carbons (Fsp3) is 0.435. The van der Waals surface area contributed by atoms with Crippen LogP contribution in [0, 0.1) is 6.92 Å². The Labute approximate surface area is 167 Å². The van der Waals surface area contributed by atoms with E-state index in [2.05, 4.69) is 36.1 Å². The molecule has 0 aliphatic carbocycles. The lowest BCUT2D eigenvalue weighted by Gasteiger charge is -2.22. The number of hydrogen-bond donors (Lipinski definition) is 0. The summed E-state index contributed by atoms with van der Waals surface area (Å²) in [5.74, 6) is 1.51. The highest BCUT2D eigenvalue weighted by atomic mass is 16.5. The molecule has 0 spiro atoms. The van der Waals surface area contributed by atoms with E-state index in [-0.39, 0.29) is 5.91 Å². The number of nitrogens with zero attached hydrogens (tertiary/aromatic N) is 2. The molecule has 150 valence electrons. The van der Waals surface area contributed by atoms with E-state index in [9.17, 15) is 4.79 Å². The molecule has 2 aromatic rings. The lowest BCUT2D eigenvalue weighted by molar-refractivity contribution is -0.130. The Bertz CT molecular complexity index is 789. The van der Waals surface area contributed by atoms with Crippen LogP contribution in [0.2, 0.25) is 0 Å². The average Bonchev–Trinajstić information content (AvgIpc) is 2.95. The number of hydrogen-bond acceptors (Lipinski definition) is 4. The molecule has 1 saturated heterocycles. The Morgan fingerprint density at radius 3 is 2.32 bits per heavy atom. The van der Waals surface area contributed by atoms with Crippen LogP contribution >= 0.6 is 0 Å². The number of benzene rings is 2. The normalized spacial score (nSPS) is 15.2. The summed E-state index contributed by atoms with van der Waals surface area (Å²) in [4.78, 5) is 17.2. The van der Waals surface area contributed by atoms with Crippen LogP contribution in [-0.4, -0.2) is 56.1 Å². The number of carbonyl (C=O) groups excluding carboxylic acids is 1. The van der Waals surface area contributed by atoms with Crippen molar-refractivity contribution in [2.75, 3.05) is 40.4 Å². The number of ether oxygens (including phenoxy) is 2. The van der Waals surface area contributed by atoms with Crippen LogP contribution in [-0.2, 0) is 17.8 Å². The van der Waals surface area contributed by atoms with E-state index in [0.29, 0.717) is 17.9 Å². The molecule has 1 aliphatic heterocycles. The summed E-state index contributed by atoms with van der Waals surface area (Å²) >= 11 is 0. The van der Waals surface area contributed by atoms with Gasteiger partial charge < -0.3 is 14.4 Å². The molecule has 5 nitrogen and oxygen atoms in total. The molecule has 0 radical (unpaired) electrons. The van der Waals surface area contributed by atoms with Gasteiger partial charge in [0.25, 0.3) is 0 Å². The van der Waals surface area contributed by atoms with Crippen LogP contribution < -0.4 is 9.47 Å². The smallest absolute Gasteiger partial charge is 0.227 e. The van der Waals surface area contributed by atoms with Crippen molar-refractivity contribution < 1.29 is 14.3 Å². The SMILES string of the molecule is COc1ccc(CC(=O)N2CCCN(Cc3ccc(C)cc3)CC2)cc1OC. The van der Waals surface area contributed by atoms with Crippen molar-refractivity contribution in [3.63, 3.8) is 0 Å². The standard InChI is InChI=1S/C23H30N2O3/c1-18-5-7-19(8-6-18)17-24-11-4-12-25(14-13-24)23(26)16-20-9-10-21(27-2)22(15-20)28-3/h5-10,15H,4,11-14,16-17H2,1-3H3. The van der Waals surface area contributed by atoms with E-state index in [1.165, 1.54) is 11.1 Å². The Morgan fingerprint density at radius 2 is 1.61 bits per heavy atom. The van der Waals surface area contributed by atoms with Gasteiger partial charge in [0.2, 0.25) is 5.91 Å². The first-order valence-corrected chi connectivity index (χ1v) is 9.85. The Balaban J connectivity index is 1.56. The van der Waals surface area contributed by atoms with Crippen molar-refractivity contribution in [3.05, 3.63) is 59.2 Å². The minimum Gasteiger partial charge on any atom is -0.493 e. The number of amides is 1. The molecule has 1 amide bonds. The molecule has 5 heteroatoms. The highest BCUT2D eigenvalue weighted by Gasteiger charge is 2.20. The third kappa shape index (κ3) is 5.26. The van der Waals surface area contributed by atoms with Crippen molar-refractivity contribution in [2.45, 2.75) is 26.3 Å². The van der Waals surface area contributed by atoms with Crippen molar-refractivity contribution in [2.24, 2.45) is 0 Å². The zero-order valence-electron chi connectivity index (χ0n) is 17.1. The number of methoxy groups -OCH3 is 2. The fourth-order valence-corrected chi connectivity index (χ4v) is 3.61. The number of carbonyl (C=O) groups is 1. The summed E-state index contributed by atoms with van der Waals surface area (Å²) in [6, 6.07) is 14.4. The topological polar surface area (TPSA) is 42.0 Å². The van der Waals surface area contributed by atoms with Gasteiger partial charge in [0.1, 0.15) is 0 Å². The highest BCUT2D eigenvalue weighted by molar-refractivity contribution is 5.79. The van der Waals surface area contributed by atoms with Gasteiger partial charge in [0.05, 0.1) is 20.6 Å². The van der Waals surface area contributed by atoms with Gasteiger partial charge in [0, 0.05) is 32.7 Å². The molecular weight excluding hydrogens is 352 g/mol. The maximum atomic E-state index is 12.8. The van der Waals surface area contributed by atoms with Gasteiger partial charge >= 0.3 is 0 Å². The average molecular weight is 383 g/mol. The number of rotatable bonds is 6. The molecule has 1 fully saturated rings. The third-order valence-electron chi connectivity index (χ3n) is 5.27. The molecule has 1 heterocycles. The van der Waals surface area contributed by atoms with Crippen LogP contribution in [0.15, 0.2) is 42.5 Å². The van der Waals surface area contributed by atoms with Crippen LogP contribution in [0.4, 0.5) is 0 Å². The molecule has 2 aromatic carbocycles. The maximum absolute atomic E-state index is 12.8. The maximum Gasteiger partial charge on any atom is 0.227 e. The first-order valence-electron chi connectivity index (χ1n) is 9.85. The van der Waals surface area contributed by atoms with E-state index in [4.69, 9.17) is 9.47 Å². The summed E-state index contributed by atoms with van der Waals surface area (Å²) in [5.41, 5.74) is 3.56. The Hall–Kier alpha value is -2.53. The van der Waals surface area contributed by atoms with E-state index in [0.717, 1.165) is 44.7 Å². The van der Waals surface area contributed by atoms with Gasteiger partial charge in [-0.15, -0.1) is 0 Å². The second-order valence-corrected chi connectivity index (χ2v) is 7.36. The molecule has 0 aromatic heterocycles. The zero-order valence-corrected chi connectivity index (χ0v) is 17.1. The lowest BCUT2D eigenvalue weighted by Crippen LogP contribution is -2.36. The minimum atomic E-state index is 0.171. The summed E-state index contributed by atoms with van der Waals surface area (Å²) < 4.78 is 10.6. The summed E-state index contributed by atoms with van der Waals surface area (Å²) in [5, 5.41) is 0. The molecule has 0 atom stereocenters.